The summed E-state index contributed by atoms with van der Waals surface area (Å²) in [5, 5.41) is 4.62. The van der Waals surface area contributed by atoms with Crippen LogP contribution in [-0.2, 0) is 6.54 Å². The number of hydrogen-bond donors (Lipinski definition) is 1. The molecule has 0 amide bonds. The summed E-state index contributed by atoms with van der Waals surface area (Å²) in [7, 11) is 0. The van der Waals surface area contributed by atoms with E-state index in [9.17, 15) is 0 Å². The van der Waals surface area contributed by atoms with Gasteiger partial charge in [0.15, 0.2) is 0 Å². The van der Waals surface area contributed by atoms with Crippen LogP contribution in [0.4, 0.5) is 5.69 Å². The van der Waals surface area contributed by atoms with E-state index in [4.69, 9.17) is 4.98 Å². The van der Waals surface area contributed by atoms with Gasteiger partial charge in [0.25, 0.3) is 0 Å². The lowest BCUT2D eigenvalue weighted by molar-refractivity contribution is 0.619. The molecule has 0 saturated heterocycles. The fourth-order valence-corrected chi connectivity index (χ4v) is 2.65. The number of para-hydroxylation sites is 1. The maximum absolute atomic E-state index is 4.78. The third-order valence-electron chi connectivity index (χ3n) is 3.61. The van der Waals surface area contributed by atoms with Crippen molar-refractivity contribution in [1.82, 2.24) is 10.3 Å². The highest BCUT2D eigenvalue weighted by Gasteiger charge is 2.12. The molecule has 0 fully saturated rings. The number of anilines is 1. The Bertz CT molecular complexity index is 578. The van der Waals surface area contributed by atoms with Crippen molar-refractivity contribution >= 4 is 16.6 Å². The lowest BCUT2D eigenvalue weighted by Gasteiger charge is -2.27. The molecule has 0 spiro atoms. The van der Waals surface area contributed by atoms with Gasteiger partial charge in [0.2, 0.25) is 0 Å². The zero-order valence-electron chi connectivity index (χ0n) is 13.7. The number of benzene rings is 1. The Hall–Kier alpha value is -1.61. The molecule has 0 unspecified atom stereocenters. The maximum atomic E-state index is 4.78. The van der Waals surface area contributed by atoms with Gasteiger partial charge < -0.3 is 10.2 Å². The first kappa shape index (κ1) is 15.8. The van der Waals surface area contributed by atoms with Crippen LogP contribution in [0.5, 0.6) is 0 Å². The van der Waals surface area contributed by atoms with Crippen LogP contribution in [0, 0.1) is 5.92 Å². The summed E-state index contributed by atoms with van der Waals surface area (Å²) in [5.74, 6) is 0.647. The van der Waals surface area contributed by atoms with Gasteiger partial charge >= 0.3 is 0 Å². The van der Waals surface area contributed by atoms with E-state index in [1.807, 2.05) is 0 Å². The first-order valence-electron chi connectivity index (χ1n) is 8.00. The van der Waals surface area contributed by atoms with Crippen molar-refractivity contribution < 1.29 is 0 Å². The Kier molecular flexibility index (Phi) is 5.57. The first-order valence-corrected chi connectivity index (χ1v) is 8.00. The minimum atomic E-state index is 0.647. The van der Waals surface area contributed by atoms with Crippen LogP contribution < -0.4 is 10.2 Å². The Morgan fingerprint density at radius 2 is 1.95 bits per heavy atom. The van der Waals surface area contributed by atoms with Crippen LogP contribution >= 0.6 is 0 Å². The summed E-state index contributed by atoms with van der Waals surface area (Å²) in [4.78, 5) is 7.24. The van der Waals surface area contributed by atoms with Crippen LogP contribution in [0.25, 0.3) is 10.9 Å². The molecule has 1 N–H and O–H groups in total. The fourth-order valence-electron chi connectivity index (χ4n) is 2.65. The molecule has 114 valence electrons. The molecular weight excluding hydrogens is 258 g/mol. The number of nitrogens with one attached hydrogen (secondary N) is 1. The molecule has 1 heterocycles. The van der Waals surface area contributed by atoms with E-state index >= 15 is 0 Å². The second-order valence-corrected chi connectivity index (χ2v) is 5.86. The van der Waals surface area contributed by atoms with Crippen molar-refractivity contribution in [2.75, 3.05) is 24.5 Å². The van der Waals surface area contributed by atoms with Crippen molar-refractivity contribution in [2.45, 2.75) is 34.2 Å². The Labute approximate surface area is 128 Å². The second-order valence-electron chi connectivity index (χ2n) is 5.86. The van der Waals surface area contributed by atoms with E-state index in [0.717, 1.165) is 37.4 Å². The summed E-state index contributed by atoms with van der Waals surface area (Å²) >= 11 is 0. The molecule has 0 aliphatic heterocycles. The van der Waals surface area contributed by atoms with Crippen LogP contribution in [0.15, 0.2) is 30.3 Å². The van der Waals surface area contributed by atoms with Crippen LogP contribution in [0.3, 0.4) is 0 Å². The van der Waals surface area contributed by atoms with Gasteiger partial charge in [-0.2, -0.15) is 0 Å². The van der Waals surface area contributed by atoms with Gasteiger partial charge in [-0.05, 0) is 31.5 Å². The van der Waals surface area contributed by atoms with Crippen molar-refractivity contribution in [1.29, 1.82) is 0 Å². The van der Waals surface area contributed by atoms with Gasteiger partial charge in [-0.3, -0.25) is 4.98 Å². The lowest BCUT2D eigenvalue weighted by atomic mass is 10.1. The molecule has 0 bridgehead atoms. The maximum Gasteiger partial charge on any atom is 0.0726 e. The van der Waals surface area contributed by atoms with E-state index in [-0.39, 0.29) is 0 Å². The summed E-state index contributed by atoms with van der Waals surface area (Å²) in [6, 6.07) is 10.7. The molecule has 2 aromatic rings. The van der Waals surface area contributed by atoms with E-state index in [1.165, 1.54) is 11.1 Å². The monoisotopic (exact) mass is 285 g/mol. The zero-order chi connectivity index (χ0) is 15.2. The summed E-state index contributed by atoms with van der Waals surface area (Å²) < 4.78 is 0. The van der Waals surface area contributed by atoms with Gasteiger partial charge in [0, 0.05) is 30.7 Å². The molecule has 21 heavy (non-hydrogen) atoms. The second kappa shape index (κ2) is 7.41. The van der Waals surface area contributed by atoms with Crippen LogP contribution in [0.1, 0.15) is 33.4 Å². The van der Waals surface area contributed by atoms with Gasteiger partial charge in [0.1, 0.15) is 0 Å². The molecule has 1 aromatic carbocycles. The van der Waals surface area contributed by atoms with E-state index in [2.05, 4.69) is 68.2 Å². The highest BCUT2D eigenvalue weighted by atomic mass is 15.1. The molecule has 0 atom stereocenters. The summed E-state index contributed by atoms with van der Waals surface area (Å²) in [6.07, 6.45) is 0. The van der Waals surface area contributed by atoms with Gasteiger partial charge in [-0.1, -0.05) is 39.0 Å². The van der Waals surface area contributed by atoms with E-state index < -0.39 is 0 Å². The van der Waals surface area contributed by atoms with Crippen molar-refractivity contribution in [3.8, 4) is 0 Å². The molecule has 0 radical (unpaired) electrons. The smallest absolute Gasteiger partial charge is 0.0726 e. The van der Waals surface area contributed by atoms with Crippen molar-refractivity contribution in [2.24, 2.45) is 5.92 Å². The molecule has 0 aliphatic carbocycles. The van der Waals surface area contributed by atoms with Crippen LogP contribution in [-0.4, -0.2) is 24.6 Å². The predicted molar refractivity (Wildman–Crippen MR) is 91.8 cm³/mol. The molecule has 0 aliphatic rings. The standard InChI is InChI=1S/C18H27N3/c1-5-19-12-15-11-18(21(6-2)13-14(3)4)16-9-7-8-10-17(16)20-15/h7-11,14,19H,5-6,12-13H2,1-4H3. The van der Waals surface area contributed by atoms with Gasteiger partial charge in [-0.25, -0.2) is 0 Å². The predicted octanol–water partition coefficient (Wildman–Crippen LogP) is 3.83. The van der Waals surface area contributed by atoms with Gasteiger partial charge in [-0.15, -0.1) is 0 Å². The third-order valence-corrected chi connectivity index (χ3v) is 3.61. The quantitative estimate of drug-likeness (QED) is 0.838. The first-order chi connectivity index (χ1) is 10.2. The fraction of sp³-hybridized carbons (Fsp3) is 0.500. The molecule has 0 saturated carbocycles. The third kappa shape index (κ3) is 3.94. The number of rotatable bonds is 7. The normalized spacial score (nSPS) is 11.3. The lowest BCUT2D eigenvalue weighted by Crippen LogP contribution is -2.27. The van der Waals surface area contributed by atoms with Crippen molar-refractivity contribution in [3.05, 3.63) is 36.0 Å². The van der Waals surface area contributed by atoms with Crippen LogP contribution in [0.2, 0.25) is 0 Å². The van der Waals surface area contributed by atoms with Gasteiger partial charge in [0.05, 0.1) is 11.2 Å². The highest BCUT2D eigenvalue weighted by molar-refractivity contribution is 5.92. The number of nitrogens with zero attached hydrogens (tertiary/aromatic N) is 2. The number of aromatic nitrogens is 1. The number of pyridine rings is 1. The Balaban J connectivity index is 2.47. The topological polar surface area (TPSA) is 28.2 Å². The average Bonchev–Trinajstić information content (AvgIpc) is 2.49. The average molecular weight is 285 g/mol. The zero-order valence-corrected chi connectivity index (χ0v) is 13.7. The highest BCUT2D eigenvalue weighted by Crippen LogP contribution is 2.27. The minimum Gasteiger partial charge on any atom is -0.371 e. The number of fused-ring (bicyclic) bond motifs is 1. The van der Waals surface area contributed by atoms with Crippen molar-refractivity contribution in [3.63, 3.8) is 0 Å². The molecule has 3 heteroatoms. The van der Waals surface area contributed by atoms with E-state index in [1.54, 1.807) is 0 Å². The SMILES string of the molecule is CCNCc1cc(N(CC)CC(C)C)c2ccccc2n1. The molecule has 1 aromatic heterocycles. The summed E-state index contributed by atoms with van der Waals surface area (Å²) in [6.45, 7) is 12.8. The number of hydrogen-bond acceptors (Lipinski definition) is 3. The molecule has 2 rings (SSSR count). The Morgan fingerprint density at radius 3 is 2.62 bits per heavy atom. The molecular formula is C18H27N3. The minimum absolute atomic E-state index is 0.647. The van der Waals surface area contributed by atoms with E-state index in [0.29, 0.717) is 5.92 Å². The summed E-state index contributed by atoms with van der Waals surface area (Å²) in [5.41, 5.74) is 3.52. The Morgan fingerprint density at radius 1 is 1.19 bits per heavy atom. The molecule has 3 nitrogen and oxygen atoms in total. The largest absolute Gasteiger partial charge is 0.371 e.